The van der Waals surface area contributed by atoms with Crippen molar-refractivity contribution in [1.29, 1.82) is 0 Å². The first kappa shape index (κ1) is 17.3. The monoisotopic (exact) mass is 367 g/mol. The molecule has 2 aliphatic rings. The summed E-state index contributed by atoms with van der Waals surface area (Å²) in [4.78, 5) is 38.2. The fourth-order valence-electron chi connectivity index (χ4n) is 3.81. The van der Waals surface area contributed by atoms with E-state index >= 15 is 0 Å². The minimum atomic E-state index is -0.561. The zero-order chi connectivity index (χ0) is 19.3. The van der Waals surface area contributed by atoms with E-state index in [1.54, 1.807) is 4.57 Å². The number of carbonyl (C=O) groups is 1. The van der Waals surface area contributed by atoms with Gasteiger partial charge in [-0.05, 0) is 18.9 Å². The van der Waals surface area contributed by atoms with Crippen LogP contribution in [0.3, 0.4) is 0 Å². The Hall–Kier alpha value is -3.09. The van der Waals surface area contributed by atoms with E-state index in [0.29, 0.717) is 29.2 Å². The zero-order valence-electron chi connectivity index (χ0n) is 15.5. The van der Waals surface area contributed by atoms with Gasteiger partial charge in [0.1, 0.15) is 12.4 Å². The molecule has 0 radical (unpaired) electrons. The molecule has 0 bridgehead atoms. The second-order valence-corrected chi connectivity index (χ2v) is 7.00. The summed E-state index contributed by atoms with van der Waals surface area (Å²) in [5.74, 6) is -0.522. The molecule has 1 aromatic heterocycles. The topological polar surface area (TPSA) is 82.3 Å². The lowest BCUT2D eigenvalue weighted by Gasteiger charge is -2.29. The number of fused-ring (bicyclic) bond motifs is 1. The van der Waals surface area contributed by atoms with Gasteiger partial charge in [0.05, 0.1) is 22.8 Å². The molecule has 0 saturated heterocycles. The molecule has 0 unspecified atom stereocenters. The van der Waals surface area contributed by atoms with Crippen molar-refractivity contribution in [1.82, 2.24) is 9.13 Å². The Morgan fingerprint density at radius 3 is 2.56 bits per heavy atom. The second kappa shape index (κ2) is 6.26. The van der Waals surface area contributed by atoms with Crippen LogP contribution >= 0.6 is 0 Å². The Morgan fingerprint density at radius 2 is 1.89 bits per heavy atom. The number of nitrogens with one attached hydrogen (secondary N) is 1. The molecule has 1 N–H and O–H groups in total. The lowest BCUT2D eigenvalue weighted by atomic mass is 9.82. The van der Waals surface area contributed by atoms with Gasteiger partial charge in [0.2, 0.25) is 0 Å². The number of hydrogen-bond acceptors (Lipinski definition) is 5. The highest BCUT2D eigenvalue weighted by molar-refractivity contribution is 5.96. The number of anilines is 1. The molecule has 4 rings (SSSR count). The minimum Gasteiger partial charge on any atom is -0.456 e. The van der Waals surface area contributed by atoms with Crippen LogP contribution in [-0.2, 0) is 23.1 Å². The third-order valence-electron chi connectivity index (χ3n) is 5.18. The first-order valence-corrected chi connectivity index (χ1v) is 9.01. The van der Waals surface area contributed by atoms with E-state index in [0.717, 1.165) is 22.1 Å². The van der Waals surface area contributed by atoms with Gasteiger partial charge < -0.3 is 10.1 Å². The third-order valence-corrected chi connectivity index (χ3v) is 5.18. The van der Waals surface area contributed by atoms with Gasteiger partial charge in [-0.3, -0.25) is 13.9 Å². The number of esters is 1. The highest BCUT2D eigenvalue weighted by Gasteiger charge is 2.41. The highest BCUT2D eigenvalue weighted by Crippen LogP contribution is 2.42. The fraction of sp³-hybridized carbons (Fsp3) is 0.350. The van der Waals surface area contributed by atoms with Crippen LogP contribution in [0, 0.1) is 6.92 Å². The number of carbonyl (C=O) groups excluding carboxylic acids is 1. The SMILES string of the molecule is CCCn1c2c(c(=O)n(C)c1=O)[C@H](c1ccc(C)cc1)C1=C(COC1=O)N2. The van der Waals surface area contributed by atoms with Crippen LogP contribution in [0.5, 0.6) is 0 Å². The Labute approximate surface area is 155 Å². The summed E-state index contributed by atoms with van der Waals surface area (Å²) in [6, 6.07) is 7.73. The first-order chi connectivity index (χ1) is 12.9. The van der Waals surface area contributed by atoms with Crippen LogP contribution in [0.2, 0.25) is 0 Å². The molecular formula is C20H21N3O4. The van der Waals surface area contributed by atoms with Crippen LogP contribution < -0.4 is 16.6 Å². The summed E-state index contributed by atoms with van der Waals surface area (Å²) in [6.07, 6.45) is 0.739. The molecule has 27 heavy (non-hydrogen) atoms. The number of aryl methyl sites for hydroxylation is 1. The number of rotatable bonds is 3. The molecule has 7 nitrogen and oxygen atoms in total. The van der Waals surface area contributed by atoms with Gasteiger partial charge in [0, 0.05) is 13.6 Å². The highest BCUT2D eigenvalue weighted by atomic mass is 16.5. The van der Waals surface area contributed by atoms with Gasteiger partial charge >= 0.3 is 11.7 Å². The number of cyclic esters (lactones) is 1. The van der Waals surface area contributed by atoms with Crippen LogP contribution in [0.4, 0.5) is 5.82 Å². The van der Waals surface area contributed by atoms with E-state index in [1.807, 2.05) is 38.1 Å². The Morgan fingerprint density at radius 1 is 1.19 bits per heavy atom. The largest absolute Gasteiger partial charge is 0.456 e. The van der Waals surface area contributed by atoms with Crippen molar-refractivity contribution < 1.29 is 9.53 Å². The van der Waals surface area contributed by atoms with E-state index in [9.17, 15) is 14.4 Å². The van der Waals surface area contributed by atoms with Crippen LogP contribution in [0.25, 0.3) is 0 Å². The molecule has 0 spiro atoms. The molecule has 3 heterocycles. The molecule has 0 saturated carbocycles. The molecule has 0 aliphatic carbocycles. The van der Waals surface area contributed by atoms with Crippen molar-refractivity contribution in [3.8, 4) is 0 Å². The van der Waals surface area contributed by atoms with Gasteiger partial charge in [0.15, 0.2) is 0 Å². The molecule has 7 heteroatoms. The molecule has 2 aromatic rings. The van der Waals surface area contributed by atoms with Gasteiger partial charge in [-0.25, -0.2) is 9.59 Å². The number of aromatic nitrogens is 2. The maximum Gasteiger partial charge on any atom is 0.337 e. The van der Waals surface area contributed by atoms with Crippen LogP contribution in [0.1, 0.15) is 36.0 Å². The number of ether oxygens (including phenoxy) is 1. The van der Waals surface area contributed by atoms with E-state index in [-0.39, 0.29) is 12.3 Å². The molecule has 1 aromatic carbocycles. The predicted octanol–water partition coefficient (Wildman–Crippen LogP) is 1.63. The molecule has 0 fully saturated rings. The fourth-order valence-corrected chi connectivity index (χ4v) is 3.81. The molecule has 2 aliphatic heterocycles. The van der Waals surface area contributed by atoms with Crippen LogP contribution in [-0.4, -0.2) is 21.7 Å². The Balaban J connectivity index is 2.06. The summed E-state index contributed by atoms with van der Waals surface area (Å²) in [6.45, 7) is 4.54. The van der Waals surface area contributed by atoms with Gasteiger partial charge in [-0.15, -0.1) is 0 Å². The van der Waals surface area contributed by atoms with Crippen molar-refractivity contribution in [3.05, 3.63) is 73.1 Å². The molecular weight excluding hydrogens is 346 g/mol. The Kier molecular flexibility index (Phi) is 4.02. The van der Waals surface area contributed by atoms with E-state index < -0.39 is 17.4 Å². The quantitative estimate of drug-likeness (QED) is 0.834. The van der Waals surface area contributed by atoms with Crippen LogP contribution in [0.15, 0.2) is 45.1 Å². The minimum absolute atomic E-state index is 0.117. The van der Waals surface area contributed by atoms with E-state index in [2.05, 4.69) is 5.32 Å². The van der Waals surface area contributed by atoms with Crippen molar-refractivity contribution in [2.45, 2.75) is 32.7 Å². The summed E-state index contributed by atoms with van der Waals surface area (Å²) in [5, 5.41) is 3.15. The average molecular weight is 367 g/mol. The number of nitrogens with zero attached hydrogens (tertiary/aromatic N) is 2. The average Bonchev–Trinajstić information content (AvgIpc) is 3.03. The second-order valence-electron chi connectivity index (χ2n) is 7.00. The summed E-state index contributed by atoms with van der Waals surface area (Å²) >= 11 is 0. The maximum atomic E-state index is 13.1. The van der Waals surface area contributed by atoms with E-state index in [1.165, 1.54) is 7.05 Å². The van der Waals surface area contributed by atoms with E-state index in [4.69, 9.17) is 4.74 Å². The summed E-state index contributed by atoms with van der Waals surface area (Å²) < 4.78 is 7.92. The van der Waals surface area contributed by atoms with Crippen molar-refractivity contribution in [2.75, 3.05) is 11.9 Å². The first-order valence-electron chi connectivity index (χ1n) is 9.01. The van der Waals surface area contributed by atoms with Crippen molar-refractivity contribution in [2.24, 2.45) is 7.05 Å². The lowest BCUT2D eigenvalue weighted by molar-refractivity contribution is -0.136. The molecule has 1 atom stereocenters. The number of benzene rings is 1. The third kappa shape index (κ3) is 2.53. The van der Waals surface area contributed by atoms with Crippen molar-refractivity contribution >= 4 is 11.8 Å². The molecule has 0 amide bonds. The predicted molar refractivity (Wildman–Crippen MR) is 101 cm³/mol. The van der Waals surface area contributed by atoms with Crippen molar-refractivity contribution in [3.63, 3.8) is 0 Å². The number of hydrogen-bond donors (Lipinski definition) is 1. The standard InChI is InChI=1S/C20H21N3O4/c1-4-9-23-17-16(18(24)22(3)20(23)26)14(12-7-5-11(2)6-8-12)15-13(21-17)10-27-19(15)25/h5-8,14,21H,4,9-10H2,1-3H3/t14-/m1/s1. The van der Waals surface area contributed by atoms with Gasteiger partial charge in [-0.1, -0.05) is 36.8 Å². The van der Waals surface area contributed by atoms with Gasteiger partial charge in [0.25, 0.3) is 5.56 Å². The maximum absolute atomic E-state index is 13.1. The van der Waals surface area contributed by atoms with Gasteiger partial charge in [-0.2, -0.15) is 0 Å². The zero-order valence-corrected chi connectivity index (χ0v) is 15.5. The molecule has 140 valence electrons. The summed E-state index contributed by atoms with van der Waals surface area (Å²) in [7, 11) is 1.47. The normalized spacial score (nSPS) is 18.0. The Bertz CT molecular complexity index is 1090. The summed E-state index contributed by atoms with van der Waals surface area (Å²) in [5.41, 5.74) is 2.62. The lowest BCUT2D eigenvalue weighted by Crippen LogP contribution is -2.44. The smallest absolute Gasteiger partial charge is 0.337 e.